The first-order chi connectivity index (χ1) is 8.65. The summed E-state index contributed by atoms with van der Waals surface area (Å²) in [6.45, 7) is 1.93. The number of aromatic nitrogens is 3. The highest BCUT2D eigenvalue weighted by Gasteiger charge is 2.10. The molecule has 0 aliphatic carbocycles. The number of nitrogens with one attached hydrogen (secondary N) is 1. The Kier molecular flexibility index (Phi) is 2.33. The first-order valence-electron chi connectivity index (χ1n) is 5.42. The van der Waals surface area contributed by atoms with Gasteiger partial charge in [0.25, 0.3) is 0 Å². The molecular formula is C13H9F2N3. The molecule has 1 aromatic carbocycles. The summed E-state index contributed by atoms with van der Waals surface area (Å²) in [6, 6.07) is 5.53. The third-order valence-electron chi connectivity index (χ3n) is 2.79. The average molecular weight is 245 g/mol. The summed E-state index contributed by atoms with van der Waals surface area (Å²) in [7, 11) is 0. The van der Waals surface area contributed by atoms with Gasteiger partial charge < -0.3 is 4.98 Å². The van der Waals surface area contributed by atoms with Crippen LogP contribution >= 0.6 is 0 Å². The van der Waals surface area contributed by atoms with Crippen molar-refractivity contribution in [2.75, 3.05) is 0 Å². The monoisotopic (exact) mass is 245 g/mol. The summed E-state index contributed by atoms with van der Waals surface area (Å²) in [6.07, 6.45) is 1.66. The van der Waals surface area contributed by atoms with Crippen LogP contribution in [0.2, 0.25) is 0 Å². The van der Waals surface area contributed by atoms with E-state index in [0.717, 1.165) is 23.2 Å². The summed E-state index contributed by atoms with van der Waals surface area (Å²) in [5, 5.41) is 0. The minimum Gasteiger partial charge on any atom is -0.336 e. The molecule has 0 unspecified atom stereocenters. The van der Waals surface area contributed by atoms with Crippen LogP contribution in [0.3, 0.4) is 0 Å². The Morgan fingerprint density at radius 1 is 1.11 bits per heavy atom. The van der Waals surface area contributed by atoms with Crippen molar-refractivity contribution in [3.05, 3.63) is 47.7 Å². The summed E-state index contributed by atoms with van der Waals surface area (Å²) in [5.41, 5.74) is 2.86. The largest absolute Gasteiger partial charge is 0.336 e. The first kappa shape index (κ1) is 10.8. The summed E-state index contributed by atoms with van der Waals surface area (Å²) in [5.74, 6) is -1.28. The molecule has 0 radical (unpaired) electrons. The van der Waals surface area contributed by atoms with E-state index in [1.54, 1.807) is 6.20 Å². The van der Waals surface area contributed by atoms with Crippen LogP contribution < -0.4 is 0 Å². The number of H-pyrrole nitrogens is 1. The van der Waals surface area contributed by atoms with E-state index in [1.165, 1.54) is 6.07 Å². The van der Waals surface area contributed by atoms with Crippen molar-refractivity contribution < 1.29 is 8.78 Å². The van der Waals surface area contributed by atoms with Gasteiger partial charge in [0, 0.05) is 11.8 Å². The lowest BCUT2D eigenvalue weighted by Crippen LogP contribution is -1.86. The number of nitrogens with zero attached hydrogens (tertiary/aromatic N) is 2. The van der Waals surface area contributed by atoms with Crippen molar-refractivity contribution in [3.8, 4) is 11.4 Å². The number of aryl methyl sites for hydroxylation is 1. The predicted octanol–water partition coefficient (Wildman–Crippen LogP) is 3.21. The molecule has 3 aromatic rings. The van der Waals surface area contributed by atoms with Gasteiger partial charge in [0.2, 0.25) is 0 Å². The molecule has 0 saturated heterocycles. The molecule has 0 fully saturated rings. The van der Waals surface area contributed by atoms with Crippen LogP contribution in [-0.4, -0.2) is 15.0 Å². The molecular weight excluding hydrogens is 236 g/mol. The topological polar surface area (TPSA) is 41.6 Å². The third-order valence-corrected chi connectivity index (χ3v) is 2.79. The summed E-state index contributed by atoms with van der Waals surface area (Å²) in [4.78, 5) is 11.4. The van der Waals surface area contributed by atoms with Crippen molar-refractivity contribution in [2.45, 2.75) is 6.92 Å². The van der Waals surface area contributed by atoms with Crippen LogP contribution in [-0.2, 0) is 0 Å². The number of hydrogen-bond acceptors (Lipinski definition) is 2. The van der Waals surface area contributed by atoms with Gasteiger partial charge in [0.15, 0.2) is 17.3 Å². The number of imidazole rings is 1. The number of halogens is 2. The molecule has 18 heavy (non-hydrogen) atoms. The second-order valence-electron chi connectivity index (χ2n) is 4.04. The molecule has 3 nitrogen and oxygen atoms in total. The zero-order valence-electron chi connectivity index (χ0n) is 9.54. The van der Waals surface area contributed by atoms with Gasteiger partial charge in [-0.1, -0.05) is 0 Å². The highest BCUT2D eigenvalue weighted by Crippen LogP contribution is 2.22. The number of pyridine rings is 1. The Labute approximate surface area is 102 Å². The maximum atomic E-state index is 13.2. The normalized spacial score (nSPS) is 11.1. The van der Waals surface area contributed by atoms with E-state index >= 15 is 0 Å². The molecule has 90 valence electrons. The highest BCUT2D eigenvalue weighted by molar-refractivity contribution is 5.78. The van der Waals surface area contributed by atoms with Gasteiger partial charge in [-0.25, -0.2) is 18.7 Å². The lowest BCUT2D eigenvalue weighted by molar-refractivity contribution is 0.509. The van der Waals surface area contributed by atoms with Gasteiger partial charge in [-0.05, 0) is 36.8 Å². The van der Waals surface area contributed by atoms with E-state index in [4.69, 9.17) is 0 Å². The second-order valence-corrected chi connectivity index (χ2v) is 4.04. The van der Waals surface area contributed by atoms with E-state index in [2.05, 4.69) is 15.0 Å². The van der Waals surface area contributed by atoms with Crippen LogP contribution in [0, 0.1) is 18.6 Å². The van der Waals surface area contributed by atoms with Gasteiger partial charge in [-0.2, -0.15) is 0 Å². The van der Waals surface area contributed by atoms with Crippen molar-refractivity contribution in [3.63, 3.8) is 0 Å². The van der Waals surface area contributed by atoms with Crippen LogP contribution in [0.4, 0.5) is 8.78 Å². The highest BCUT2D eigenvalue weighted by atomic mass is 19.2. The van der Waals surface area contributed by atoms with Crippen molar-refractivity contribution in [1.29, 1.82) is 0 Å². The van der Waals surface area contributed by atoms with Crippen molar-refractivity contribution >= 4 is 11.2 Å². The van der Waals surface area contributed by atoms with E-state index in [0.29, 0.717) is 17.0 Å². The van der Waals surface area contributed by atoms with Crippen LogP contribution in [0.1, 0.15) is 5.56 Å². The third kappa shape index (κ3) is 1.64. The van der Waals surface area contributed by atoms with Gasteiger partial charge in [-0.15, -0.1) is 0 Å². The van der Waals surface area contributed by atoms with Crippen LogP contribution in [0.15, 0.2) is 30.5 Å². The Morgan fingerprint density at radius 2 is 1.94 bits per heavy atom. The molecule has 2 aromatic heterocycles. The van der Waals surface area contributed by atoms with Gasteiger partial charge >= 0.3 is 0 Å². The minimum absolute atomic E-state index is 0.478. The van der Waals surface area contributed by atoms with Crippen molar-refractivity contribution in [2.24, 2.45) is 0 Å². The quantitative estimate of drug-likeness (QED) is 0.715. The molecule has 1 N–H and O–H groups in total. The minimum atomic E-state index is -0.891. The predicted molar refractivity (Wildman–Crippen MR) is 64.0 cm³/mol. The Balaban J connectivity index is 2.19. The molecule has 0 atom stereocenters. The van der Waals surface area contributed by atoms with E-state index in [-0.39, 0.29) is 0 Å². The van der Waals surface area contributed by atoms with Crippen LogP contribution in [0.5, 0.6) is 0 Å². The summed E-state index contributed by atoms with van der Waals surface area (Å²) < 4.78 is 26.0. The Morgan fingerprint density at radius 3 is 2.67 bits per heavy atom. The van der Waals surface area contributed by atoms with E-state index in [9.17, 15) is 8.78 Å². The molecule has 0 saturated carbocycles. The number of hydrogen-bond donors (Lipinski definition) is 1. The fourth-order valence-electron chi connectivity index (χ4n) is 1.82. The molecule has 2 heterocycles. The molecule has 5 heteroatoms. The lowest BCUT2D eigenvalue weighted by Gasteiger charge is -1.97. The smallest absolute Gasteiger partial charge is 0.178 e. The number of fused-ring (bicyclic) bond motifs is 1. The molecule has 3 rings (SSSR count). The van der Waals surface area contributed by atoms with E-state index in [1.807, 2.05) is 13.0 Å². The van der Waals surface area contributed by atoms with E-state index < -0.39 is 11.6 Å². The molecule has 0 spiro atoms. The fraction of sp³-hybridized carbons (Fsp3) is 0.0769. The number of aromatic amines is 1. The lowest BCUT2D eigenvalue weighted by atomic mass is 10.2. The zero-order valence-corrected chi connectivity index (χ0v) is 9.54. The average Bonchev–Trinajstić information content (AvgIpc) is 2.78. The maximum absolute atomic E-state index is 13.2. The Bertz CT molecular complexity index is 734. The molecule has 0 aliphatic heterocycles. The molecule has 0 bridgehead atoms. The van der Waals surface area contributed by atoms with Gasteiger partial charge in [-0.3, -0.25) is 0 Å². The van der Waals surface area contributed by atoms with Crippen molar-refractivity contribution in [1.82, 2.24) is 15.0 Å². The standard InChI is InChI=1S/C13H9F2N3/c1-7-4-5-16-13-11(7)17-12(18-13)8-2-3-9(14)10(15)6-8/h2-6H,1H3,(H,16,17,18). The number of benzene rings is 1. The van der Waals surface area contributed by atoms with Gasteiger partial charge in [0.1, 0.15) is 5.82 Å². The Hall–Kier alpha value is -2.30. The maximum Gasteiger partial charge on any atom is 0.178 e. The SMILES string of the molecule is Cc1ccnc2nc(-c3ccc(F)c(F)c3)[nH]c12. The first-order valence-corrected chi connectivity index (χ1v) is 5.42. The fourth-order valence-corrected chi connectivity index (χ4v) is 1.82. The molecule has 0 aliphatic rings. The number of rotatable bonds is 1. The second kappa shape index (κ2) is 3.87. The molecule has 0 amide bonds. The van der Waals surface area contributed by atoms with Crippen LogP contribution in [0.25, 0.3) is 22.6 Å². The summed E-state index contributed by atoms with van der Waals surface area (Å²) >= 11 is 0. The van der Waals surface area contributed by atoms with Gasteiger partial charge in [0.05, 0.1) is 5.52 Å². The zero-order chi connectivity index (χ0) is 12.7.